The Morgan fingerprint density at radius 2 is 1.55 bits per heavy atom. The minimum Gasteiger partial charge on any atom is -0.418 e. The van der Waals surface area contributed by atoms with E-state index in [-0.39, 0.29) is 5.78 Å². The van der Waals surface area contributed by atoms with Gasteiger partial charge in [-0.3, -0.25) is 9.78 Å². The van der Waals surface area contributed by atoms with Crippen LogP contribution in [0.4, 0.5) is 17.3 Å². The molecule has 1 heterocycles. The molecule has 0 bridgehead atoms. The Bertz CT molecular complexity index is 528. The fourth-order valence-electron chi connectivity index (χ4n) is 1.33. The molecule has 0 aliphatic heterocycles. The molecule has 0 saturated heterocycles. The minimum atomic E-state index is -6.00. The van der Waals surface area contributed by atoms with E-state index >= 15 is 0 Å². The summed E-state index contributed by atoms with van der Waals surface area (Å²) in [5.74, 6) is 0.104. The van der Waals surface area contributed by atoms with Gasteiger partial charge in [-0.2, -0.15) is 4.57 Å². The van der Waals surface area contributed by atoms with Crippen molar-refractivity contribution in [3.8, 4) is 0 Å². The standard InChI is InChI=1S/C12H11N2O.BF4/c15-12(11-4-2-1-3-5-11)10-14-8-6-13-7-9-14;2-1(3,4)5/h1-9H,10H2;/q+1;-1. The van der Waals surface area contributed by atoms with E-state index in [2.05, 4.69) is 4.98 Å². The molecule has 2 rings (SSSR count). The second-order valence-corrected chi connectivity index (χ2v) is 3.70. The number of aromatic nitrogens is 2. The van der Waals surface area contributed by atoms with E-state index in [0.29, 0.717) is 6.54 Å². The summed E-state index contributed by atoms with van der Waals surface area (Å²) in [5, 5.41) is 0. The number of Topliss-reactive ketones (excluding diaryl/α,β-unsaturated/α-hetero) is 1. The number of halogens is 4. The maximum Gasteiger partial charge on any atom is 0.673 e. The van der Waals surface area contributed by atoms with Crippen LogP contribution in [0.5, 0.6) is 0 Å². The normalized spacial score (nSPS) is 10.4. The lowest BCUT2D eigenvalue weighted by molar-refractivity contribution is -0.683. The van der Waals surface area contributed by atoms with Gasteiger partial charge in [0.1, 0.15) is 0 Å². The molecule has 0 aliphatic carbocycles. The van der Waals surface area contributed by atoms with Crippen LogP contribution in [0, 0.1) is 0 Å². The van der Waals surface area contributed by atoms with Gasteiger partial charge in [0.2, 0.25) is 12.3 Å². The van der Waals surface area contributed by atoms with Crippen molar-refractivity contribution in [1.29, 1.82) is 0 Å². The highest BCUT2D eigenvalue weighted by Gasteiger charge is 2.20. The average Bonchev–Trinajstić information content (AvgIpc) is 2.39. The predicted molar refractivity (Wildman–Crippen MR) is 65.4 cm³/mol. The summed E-state index contributed by atoms with van der Waals surface area (Å²) in [4.78, 5) is 15.7. The van der Waals surface area contributed by atoms with Gasteiger partial charge in [-0.25, -0.2) is 0 Å². The Kier molecular flexibility index (Phi) is 5.83. The van der Waals surface area contributed by atoms with Crippen LogP contribution in [-0.2, 0) is 6.54 Å². The second-order valence-electron chi connectivity index (χ2n) is 3.70. The molecule has 0 spiro atoms. The van der Waals surface area contributed by atoms with E-state index in [9.17, 15) is 22.1 Å². The summed E-state index contributed by atoms with van der Waals surface area (Å²) in [6, 6.07) is 9.28. The summed E-state index contributed by atoms with van der Waals surface area (Å²) in [5.41, 5.74) is 0.738. The van der Waals surface area contributed by atoms with Crippen LogP contribution < -0.4 is 4.57 Å². The Hall–Kier alpha value is -2.25. The number of hydrogen-bond donors (Lipinski definition) is 0. The van der Waals surface area contributed by atoms with Gasteiger partial charge in [-0.1, -0.05) is 30.3 Å². The summed E-state index contributed by atoms with van der Waals surface area (Å²) < 4.78 is 40.8. The lowest BCUT2D eigenvalue weighted by Gasteiger charge is -1.96. The van der Waals surface area contributed by atoms with E-state index in [1.165, 1.54) is 0 Å². The van der Waals surface area contributed by atoms with Gasteiger partial charge in [-0.05, 0) is 0 Å². The van der Waals surface area contributed by atoms with Crippen LogP contribution in [0.25, 0.3) is 0 Å². The van der Waals surface area contributed by atoms with Crippen LogP contribution in [0.1, 0.15) is 10.4 Å². The SMILES string of the molecule is F[B-](F)(F)F.O=C(C[n+]1ccncc1)c1ccccc1. The Morgan fingerprint density at radius 3 is 2.05 bits per heavy atom. The third-order valence-corrected chi connectivity index (χ3v) is 2.11. The van der Waals surface area contributed by atoms with Gasteiger partial charge in [0.05, 0.1) is 12.4 Å². The fourth-order valence-corrected chi connectivity index (χ4v) is 1.33. The molecule has 0 aliphatic rings. The summed E-state index contributed by atoms with van der Waals surface area (Å²) in [6.07, 6.45) is 6.89. The van der Waals surface area contributed by atoms with Gasteiger partial charge < -0.3 is 17.3 Å². The van der Waals surface area contributed by atoms with E-state index in [1.807, 2.05) is 34.9 Å². The topological polar surface area (TPSA) is 33.8 Å². The van der Waals surface area contributed by atoms with Crippen molar-refractivity contribution in [1.82, 2.24) is 4.98 Å². The maximum absolute atomic E-state index is 11.8. The van der Waals surface area contributed by atoms with Crippen LogP contribution in [0.3, 0.4) is 0 Å². The van der Waals surface area contributed by atoms with Gasteiger partial charge in [0.25, 0.3) is 0 Å². The molecule has 0 saturated carbocycles. The van der Waals surface area contributed by atoms with Gasteiger partial charge in [0, 0.05) is 5.56 Å². The molecule has 8 heteroatoms. The highest BCUT2D eigenvalue weighted by atomic mass is 19.5. The highest BCUT2D eigenvalue weighted by molar-refractivity contribution is 6.50. The zero-order valence-corrected chi connectivity index (χ0v) is 10.3. The molecular weight excluding hydrogens is 275 g/mol. The predicted octanol–water partition coefficient (Wildman–Crippen LogP) is 2.55. The molecule has 0 radical (unpaired) electrons. The summed E-state index contributed by atoms with van der Waals surface area (Å²) in [7, 11) is -6.00. The van der Waals surface area contributed by atoms with Gasteiger partial charge in [0.15, 0.2) is 12.4 Å². The highest BCUT2D eigenvalue weighted by Crippen LogP contribution is 2.06. The van der Waals surface area contributed by atoms with Crippen molar-refractivity contribution in [2.45, 2.75) is 6.54 Å². The number of rotatable bonds is 3. The Labute approximate surface area is 113 Å². The van der Waals surface area contributed by atoms with E-state index in [4.69, 9.17) is 0 Å². The first-order chi connectivity index (χ1) is 9.36. The molecule has 2 aromatic rings. The lowest BCUT2D eigenvalue weighted by atomic mass is 10.1. The maximum atomic E-state index is 11.8. The van der Waals surface area contributed by atoms with Crippen LogP contribution in [0.2, 0.25) is 0 Å². The second kappa shape index (κ2) is 7.37. The zero-order chi connectivity index (χ0) is 15.0. The molecule has 0 N–H and O–H groups in total. The van der Waals surface area contributed by atoms with Crippen molar-refractivity contribution in [3.63, 3.8) is 0 Å². The number of benzene rings is 1. The van der Waals surface area contributed by atoms with Crippen molar-refractivity contribution in [3.05, 3.63) is 60.7 Å². The fraction of sp³-hybridized carbons (Fsp3) is 0.0833. The van der Waals surface area contributed by atoms with E-state index in [1.54, 1.807) is 24.8 Å². The first-order valence-electron chi connectivity index (χ1n) is 5.61. The molecule has 0 amide bonds. The summed E-state index contributed by atoms with van der Waals surface area (Å²) in [6.45, 7) is 0.354. The molecular formula is C12H11BF4N2O. The van der Waals surface area contributed by atoms with Crippen molar-refractivity contribution < 1.29 is 26.6 Å². The first-order valence-corrected chi connectivity index (χ1v) is 5.61. The number of nitrogens with zero attached hydrogens (tertiary/aromatic N) is 2. The molecule has 0 fully saturated rings. The molecule has 3 nitrogen and oxygen atoms in total. The van der Waals surface area contributed by atoms with E-state index in [0.717, 1.165) is 5.56 Å². The van der Waals surface area contributed by atoms with Crippen LogP contribution in [-0.4, -0.2) is 18.0 Å². The van der Waals surface area contributed by atoms with Crippen LogP contribution in [0.15, 0.2) is 55.1 Å². The van der Waals surface area contributed by atoms with Gasteiger partial charge >= 0.3 is 7.25 Å². The number of hydrogen-bond acceptors (Lipinski definition) is 2. The van der Waals surface area contributed by atoms with Crippen molar-refractivity contribution in [2.75, 3.05) is 0 Å². The number of carbonyl (C=O) groups excluding carboxylic acids is 1. The Balaban J connectivity index is 0.000000347. The van der Waals surface area contributed by atoms with Crippen molar-refractivity contribution >= 4 is 13.0 Å². The number of ketones is 1. The lowest BCUT2D eigenvalue weighted by Crippen LogP contribution is -2.37. The molecule has 106 valence electrons. The van der Waals surface area contributed by atoms with E-state index < -0.39 is 7.25 Å². The number of carbonyl (C=O) groups is 1. The third-order valence-electron chi connectivity index (χ3n) is 2.11. The quantitative estimate of drug-likeness (QED) is 0.376. The zero-order valence-electron chi connectivity index (χ0n) is 10.3. The molecule has 20 heavy (non-hydrogen) atoms. The van der Waals surface area contributed by atoms with Gasteiger partial charge in [-0.15, -0.1) is 0 Å². The molecule has 0 unspecified atom stereocenters. The Morgan fingerprint density at radius 1 is 1.05 bits per heavy atom. The molecule has 1 aromatic carbocycles. The smallest absolute Gasteiger partial charge is 0.418 e. The summed E-state index contributed by atoms with van der Waals surface area (Å²) >= 11 is 0. The monoisotopic (exact) mass is 286 g/mol. The minimum absolute atomic E-state index is 0.104. The largest absolute Gasteiger partial charge is 0.673 e. The third kappa shape index (κ3) is 7.25. The first kappa shape index (κ1) is 15.8. The molecule has 0 atom stereocenters. The van der Waals surface area contributed by atoms with Crippen molar-refractivity contribution in [2.24, 2.45) is 0 Å². The molecule has 1 aromatic heterocycles. The van der Waals surface area contributed by atoms with Crippen LogP contribution >= 0.6 is 0 Å². The average molecular weight is 286 g/mol.